The van der Waals surface area contributed by atoms with Crippen LogP contribution in [0.2, 0.25) is 0 Å². The molecule has 1 N–H and O–H groups in total. The Labute approximate surface area is 71.1 Å². The Balaban J connectivity index is 2.67. The lowest BCUT2D eigenvalue weighted by molar-refractivity contribution is -0.134. The topological polar surface area (TPSA) is 37.3 Å². The summed E-state index contributed by atoms with van der Waals surface area (Å²) in [5, 5.41) is 8.37. The predicted octanol–water partition coefficient (Wildman–Crippen LogP) is 2.50. The summed E-state index contributed by atoms with van der Waals surface area (Å²) in [5.41, 5.74) is 0.495. The average molecular weight is 172 g/mol. The number of halogens is 1. The molecule has 0 amide bonds. The van der Waals surface area contributed by atoms with Crippen LogP contribution in [-0.2, 0) is 4.79 Å². The van der Waals surface area contributed by atoms with Crippen molar-refractivity contribution >= 4 is 5.97 Å². The van der Waals surface area contributed by atoms with Crippen LogP contribution in [-0.4, -0.2) is 11.1 Å². The highest BCUT2D eigenvalue weighted by molar-refractivity contribution is 5.84. The van der Waals surface area contributed by atoms with Gasteiger partial charge in [-0.05, 0) is 30.8 Å². The van der Waals surface area contributed by atoms with Crippen LogP contribution in [0.3, 0.4) is 0 Å². The Kier molecular flexibility index (Phi) is 2.84. The van der Waals surface area contributed by atoms with Crippen molar-refractivity contribution < 1.29 is 14.3 Å². The maximum absolute atomic E-state index is 12.8. The molecule has 3 heteroatoms. The second-order valence-electron chi connectivity index (χ2n) is 3.24. The molecule has 68 valence electrons. The number of allylic oxidation sites excluding steroid dienone is 1. The molecule has 1 atom stereocenters. The van der Waals surface area contributed by atoms with E-state index in [9.17, 15) is 9.18 Å². The minimum Gasteiger partial charge on any atom is -0.476 e. The zero-order chi connectivity index (χ0) is 9.14. The summed E-state index contributed by atoms with van der Waals surface area (Å²) in [7, 11) is 0. The number of carboxylic acids is 1. The average Bonchev–Trinajstić information content (AvgIpc) is 2.50. The lowest BCUT2D eigenvalue weighted by atomic mass is 10.1. The first kappa shape index (κ1) is 9.23. The maximum Gasteiger partial charge on any atom is 0.364 e. The molecule has 0 heterocycles. The molecule has 0 aliphatic heterocycles. The predicted molar refractivity (Wildman–Crippen MR) is 43.4 cm³/mol. The van der Waals surface area contributed by atoms with Gasteiger partial charge in [-0.1, -0.05) is 13.3 Å². The molecule has 0 saturated heterocycles. The SMILES string of the molecule is CCC1CCC(=C(F)C(=O)O)C1. The smallest absolute Gasteiger partial charge is 0.364 e. The van der Waals surface area contributed by atoms with E-state index >= 15 is 0 Å². The van der Waals surface area contributed by atoms with Crippen molar-refractivity contribution in [2.24, 2.45) is 5.92 Å². The quantitative estimate of drug-likeness (QED) is 0.650. The van der Waals surface area contributed by atoms with E-state index in [1.54, 1.807) is 0 Å². The second-order valence-corrected chi connectivity index (χ2v) is 3.24. The van der Waals surface area contributed by atoms with E-state index in [2.05, 4.69) is 0 Å². The minimum atomic E-state index is -1.42. The third kappa shape index (κ3) is 1.84. The Hall–Kier alpha value is -0.860. The van der Waals surface area contributed by atoms with Gasteiger partial charge in [0.2, 0.25) is 5.83 Å². The van der Waals surface area contributed by atoms with Gasteiger partial charge in [-0.3, -0.25) is 0 Å². The van der Waals surface area contributed by atoms with Crippen LogP contribution in [0.25, 0.3) is 0 Å². The summed E-state index contributed by atoms with van der Waals surface area (Å²) in [6, 6.07) is 0. The fourth-order valence-electron chi connectivity index (χ4n) is 1.63. The van der Waals surface area contributed by atoms with Crippen molar-refractivity contribution in [2.45, 2.75) is 32.6 Å². The molecule has 0 bridgehead atoms. The van der Waals surface area contributed by atoms with E-state index in [-0.39, 0.29) is 0 Å². The van der Waals surface area contributed by atoms with Crippen LogP contribution in [0.4, 0.5) is 4.39 Å². The van der Waals surface area contributed by atoms with Crippen molar-refractivity contribution in [3.63, 3.8) is 0 Å². The molecule has 1 aliphatic rings. The van der Waals surface area contributed by atoms with Crippen molar-refractivity contribution in [1.29, 1.82) is 0 Å². The fourth-order valence-corrected chi connectivity index (χ4v) is 1.63. The zero-order valence-corrected chi connectivity index (χ0v) is 7.14. The first-order chi connectivity index (χ1) is 5.65. The monoisotopic (exact) mass is 172 g/mol. The molecule has 2 nitrogen and oxygen atoms in total. The summed E-state index contributed by atoms with van der Waals surface area (Å²) in [5.74, 6) is -1.85. The van der Waals surface area contributed by atoms with Crippen LogP contribution in [0, 0.1) is 5.92 Å². The number of hydrogen-bond acceptors (Lipinski definition) is 1. The third-order valence-electron chi connectivity index (χ3n) is 2.46. The van der Waals surface area contributed by atoms with Gasteiger partial charge in [0.1, 0.15) is 0 Å². The normalized spacial score (nSPS) is 27.3. The van der Waals surface area contributed by atoms with Gasteiger partial charge in [-0.2, -0.15) is 4.39 Å². The van der Waals surface area contributed by atoms with E-state index in [1.165, 1.54) is 0 Å². The number of rotatable bonds is 2. The molecule has 0 radical (unpaired) electrons. The molecule has 1 unspecified atom stereocenters. The van der Waals surface area contributed by atoms with Gasteiger partial charge in [-0.25, -0.2) is 4.79 Å². The van der Waals surface area contributed by atoms with E-state index in [4.69, 9.17) is 5.11 Å². The van der Waals surface area contributed by atoms with Gasteiger partial charge in [0.05, 0.1) is 0 Å². The van der Waals surface area contributed by atoms with E-state index in [0.717, 1.165) is 12.8 Å². The Morgan fingerprint density at radius 3 is 2.83 bits per heavy atom. The van der Waals surface area contributed by atoms with Gasteiger partial charge < -0.3 is 5.11 Å². The van der Waals surface area contributed by atoms with Crippen LogP contribution in [0.1, 0.15) is 32.6 Å². The van der Waals surface area contributed by atoms with Crippen LogP contribution >= 0.6 is 0 Å². The van der Waals surface area contributed by atoms with E-state index < -0.39 is 11.8 Å². The van der Waals surface area contributed by atoms with Crippen LogP contribution < -0.4 is 0 Å². The largest absolute Gasteiger partial charge is 0.476 e. The molecule has 0 aromatic carbocycles. The van der Waals surface area contributed by atoms with Gasteiger partial charge in [0.15, 0.2) is 0 Å². The van der Waals surface area contributed by atoms with E-state index in [0.29, 0.717) is 24.3 Å². The molecule has 1 saturated carbocycles. The third-order valence-corrected chi connectivity index (χ3v) is 2.46. The number of hydrogen-bond donors (Lipinski definition) is 1. The van der Waals surface area contributed by atoms with Gasteiger partial charge in [0, 0.05) is 0 Å². The van der Waals surface area contributed by atoms with Crippen molar-refractivity contribution in [1.82, 2.24) is 0 Å². The summed E-state index contributed by atoms with van der Waals surface area (Å²) in [4.78, 5) is 10.2. The second kappa shape index (κ2) is 3.70. The van der Waals surface area contributed by atoms with Gasteiger partial charge in [0.25, 0.3) is 0 Å². The highest BCUT2D eigenvalue weighted by Crippen LogP contribution is 2.34. The lowest BCUT2D eigenvalue weighted by Gasteiger charge is -2.01. The van der Waals surface area contributed by atoms with Crippen LogP contribution in [0.5, 0.6) is 0 Å². The molecular weight excluding hydrogens is 159 g/mol. The fraction of sp³-hybridized carbons (Fsp3) is 0.667. The summed E-state index contributed by atoms with van der Waals surface area (Å²) < 4.78 is 12.8. The minimum absolute atomic E-state index is 0.491. The molecule has 12 heavy (non-hydrogen) atoms. The number of carboxylic acid groups (broad SMARTS) is 1. The molecule has 0 aromatic rings. The molecule has 1 aliphatic carbocycles. The van der Waals surface area contributed by atoms with Crippen molar-refractivity contribution in [3.05, 3.63) is 11.4 Å². The summed E-state index contributed by atoms with van der Waals surface area (Å²) in [6.07, 6.45) is 3.20. The highest BCUT2D eigenvalue weighted by Gasteiger charge is 2.23. The first-order valence-electron chi connectivity index (χ1n) is 4.26. The number of carbonyl (C=O) groups is 1. The van der Waals surface area contributed by atoms with Gasteiger partial charge in [-0.15, -0.1) is 0 Å². The Morgan fingerprint density at radius 1 is 1.75 bits per heavy atom. The standard InChI is InChI=1S/C9H13FO2/c1-2-6-3-4-7(5-6)8(10)9(11)12/h6H,2-5H2,1H3,(H,11,12). The maximum atomic E-state index is 12.8. The first-order valence-corrected chi connectivity index (χ1v) is 4.26. The zero-order valence-electron chi connectivity index (χ0n) is 7.14. The van der Waals surface area contributed by atoms with Crippen molar-refractivity contribution in [3.8, 4) is 0 Å². The lowest BCUT2D eigenvalue weighted by Crippen LogP contribution is -1.98. The molecular formula is C9H13FO2. The highest BCUT2D eigenvalue weighted by atomic mass is 19.1. The van der Waals surface area contributed by atoms with E-state index in [1.807, 2.05) is 6.92 Å². The Bertz CT molecular complexity index is 221. The summed E-state index contributed by atoms with van der Waals surface area (Å²) >= 11 is 0. The molecule has 1 rings (SSSR count). The molecule has 0 aromatic heterocycles. The van der Waals surface area contributed by atoms with Crippen LogP contribution in [0.15, 0.2) is 11.4 Å². The van der Waals surface area contributed by atoms with Gasteiger partial charge >= 0.3 is 5.97 Å². The van der Waals surface area contributed by atoms with Crippen molar-refractivity contribution in [2.75, 3.05) is 0 Å². The molecule has 1 fully saturated rings. The number of aliphatic carboxylic acids is 1. The Morgan fingerprint density at radius 2 is 2.42 bits per heavy atom. The summed E-state index contributed by atoms with van der Waals surface area (Å²) in [6.45, 7) is 2.05. The molecule has 0 spiro atoms.